The largest absolute Gasteiger partial charge is 0.478 e. The average molecular weight is 323 g/mol. The number of aromatic carboxylic acids is 1. The van der Waals surface area contributed by atoms with E-state index in [0.29, 0.717) is 5.56 Å². The molecule has 14 heavy (non-hydrogen) atoms. The maximum Gasteiger partial charge on any atom is 0.335 e. The summed E-state index contributed by atoms with van der Waals surface area (Å²) in [5.41, 5.74) is 1.20. The van der Waals surface area contributed by atoms with Gasteiger partial charge in [-0.3, -0.25) is 0 Å². The number of carboxylic acids is 1. The van der Waals surface area contributed by atoms with Crippen molar-refractivity contribution in [3.63, 3.8) is 0 Å². The van der Waals surface area contributed by atoms with Gasteiger partial charge < -0.3 is 10.4 Å². The van der Waals surface area contributed by atoms with Crippen LogP contribution in [0.4, 0.5) is 5.69 Å². The molecule has 0 unspecified atom stereocenters. The van der Waals surface area contributed by atoms with E-state index in [2.05, 4.69) is 37.2 Å². The zero-order chi connectivity index (χ0) is 10.6. The van der Waals surface area contributed by atoms with Crippen LogP contribution < -0.4 is 5.32 Å². The number of nitrogens with one attached hydrogen (secondary N) is 1. The Balaban J connectivity index is 2.60. The van der Waals surface area contributed by atoms with Gasteiger partial charge in [-0.2, -0.15) is 0 Å². The minimum absolute atomic E-state index is 0.203. The number of halogens is 2. The fraction of sp³-hybridized carbons (Fsp3) is 0.222. The van der Waals surface area contributed by atoms with Gasteiger partial charge >= 0.3 is 5.97 Å². The Morgan fingerprint density at radius 3 is 2.36 bits per heavy atom. The highest BCUT2D eigenvalue weighted by atomic mass is 79.9. The molecule has 2 N–H and O–H groups in total. The molecule has 0 atom stereocenters. The summed E-state index contributed by atoms with van der Waals surface area (Å²) >= 11 is 6.66. The second-order valence-corrected chi connectivity index (χ2v) is 6.09. The smallest absolute Gasteiger partial charge is 0.335 e. The molecule has 0 aliphatic carbocycles. The molecular weight excluding hydrogens is 314 g/mol. The molecule has 0 amide bonds. The number of carboxylic acid groups (broad SMARTS) is 1. The third kappa shape index (κ3) is 3.67. The molecule has 3 nitrogen and oxygen atoms in total. The van der Waals surface area contributed by atoms with Gasteiger partial charge in [0.2, 0.25) is 0 Å². The maximum absolute atomic E-state index is 10.5. The molecular formula is C9H9Br2NO2. The van der Waals surface area contributed by atoms with E-state index in [1.165, 1.54) is 0 Å². The van der Waals surface area contributed by atoms with Crippen LogP contribution >= 0.6 is 31.9 Å². The number of carbonyl (C=O) groups is 1. The van der Waals surface area contributed by atoms with Gasteiger partial charge in [-0.05, 0) is 24.3 Å². The Bertz CT molecular complexity index is 311. The molecule has 0 fully saturated rings. The van der Waals surface area contributed by atoms with Crippen LogP contribution in [-0.2, 0) is 0 Å². The van der Waals surface area contributed by atoms with Crippen molar-refractivity contribution in [2.45, 2.75) is 3.74 Å². The van der Waals surface area contributed by atoms with Gasteiger partial charge in [-0.25, -0.2) is 4.79 Å². The van der Waals surface area contributed by atoms with Crippen molar-refractivity contribution in [3.8, 4) is 0 Å². The summed E-state index contributed by atoms with van der Waals surface area (Å²) in [5.74, 6) is -0.907. The highest BCUT2D eigenvalue weighted by molar-refractivity contribution is 9.24. The summed E-state index contributed by atoms with van der Waals surface area (Å²) in [4.78, 5) is 10.5. The number of rotatable bonds is 4. The molecule has 0 radical (unpaired) electrons. The SMILES string of the molecule is O=C(O)c1ccc(NCC(Br)Br)cc1. The van der Waals surface area contributed by atoms with Crippen LogP contribution in [0.2, 0.25) is 0 Å². The monoisotopic (exact) mass is 321 g/mol. The van der Waals surface area contributed by atoms with Gasteiger partial charge in [0.15, 0.2) is 0 Å². The molecule has 0 saturated carbocycles. The van der Waals surface area contributed by atoms with Gasteiger partial charge in [-0.15, -0.1) is 0 Å². The van der Waals surface area contributed by atoms with Gasteiger partial charge in [0.1, 0.15) is 0 Å². The lowest BCUT2D eigenvalue weighted by molar-refractivity contribution is 0.0697. The van der Waals surface area contributed by atoms with Crippen molar-refractivity contribution in [1.29, 1.82) is 0 Å². The molecule has 0 aliphatic heterocycles. The number of hydrogen-bond acceptors (Lipinski definition) is 2. The van der Waals surface area contributed by atoms with E-state index in [0.717, 1.165) is 12.2 Å². The van der Waals surface area contributed by atoms with Crippen LogP contribution in [0.25, 0.3) is 0 Å². The lowest BCUT2D eigenvalue weighted by Crippen LogP contribution is -2.07. The van der Waals surface area contributed by atoms with E-state index < -0.39 is 5.97 Å². The Labute approximate surface area is 98.8 Å². The Morgan fingerprint density at radius 2 is 1.93 bits per heavy atom. The summed E-state index contributed by atoms with van der Waals surface area (Å²) in [6, 6.07) is 6.63. The van der Waals surface area contributed by atoms with Crippen molar-refractivity contribution in [2.24, 2.45) is 0 Å². The molecule has 0 heterocycles. The number of anilines is 1. The van der Waals surface area contributed by atoms with Crippen LogP contribution in [0, 0.1) is 0 Å². The Morgan fingerprint density at radius 1 is 1.36 bits per heavy atom. The van der Waals surface area contributed by atoms with E-state index in [1.54, 1.807) is 24.3 Å². The van der Waals surface area contributed by atoms with Crippen LogP contribution in [-0.4, -0.2) is 21.4 Å². The molecule has 5 heteroatoms. The Kier molecular flexibility index (Phi) is 4.41. The molecule has 0 bridgehead atoms. The third-order valence-corrected chi connectivity index (χ3v) is 2.24. The summed E-state index contributed by atoms with van der Waals surface area (Å²) in [7, 11) is 0. The van der Waals surface area contributed by atoms with Gasteiger partial charge in [0.05, 0.1) is 9.30 Å². The lowest BCUT2D eigenvalue weighted by Gasteiger charge is -2.06. The second-order valence-electron chi connectivity index (χ2n) is 2.65. The molecule has 0 aromatic heterocycles. The minimum atomic E-state index is -0.907. The number of benzene rings is 1. The minimum Gasteiger partial charge on any atom is -0.478 e. The zero-order valence-electron chi connectivity index (χ0n) is 7.21. The van der Waals surface area contributed by atoms with Crippen molar-refractivity contribution < 1.29 is 9.90 Å². The van der Waals surface area contributed by atoms with Crippen LogP contribution in [0.15, 0.2) is 24.3 Å². The topological polar surface area (TPSA) is 49.3 Å². The summed E-state index contributed by atoms with van der Waals surface area (Å²) in [6.45, 7) is 0.729. The Hall–Kier alpha value is -0.550. The standard InChI is InChI=1S/C9H9Br2NO2/c10-8(11)5-12-7-3-1-6(2-4-7)9(13)14/h1-4,8,12H,5H2,(H,13,14). The fourth-order valence-electron chi connectivity index (χ4n) is 0.926. The molecule has 0 spiro atoms. The molecule has 1 rings (SSSR count). The lowest BCUT2D eigenvalue weighted by atomic mass is 10.2. The molecule has 0 aliphatic rings. The molecule has 1 aromatic rings. The zero-order valence-corrected chi connectivity index (χ0v) is 10.4. The van der Waals surface area contributed by atoms with E-state index in [1.807, 2.05) is 0 Å². The third-order valence-electron chi connectivity index (χ3n) is 1.59. The quantitative estimate of drug-likeness (QED) is 0.838. The van der Waals surface area contributed by atoms with E-state index in [-0.39, 0.29) is 3.74 Å². The first kappa shape index (κ1) is 11.5. The number of hydrogen-bond donors (Lipinski definition) is 2. The van der Waals surface area contributed by atoms with Gasteiger partial charge in [0.25, 0.3) is 0 Å². The van der Waals surface area contributed by atoms with Crippen LogP contribution in [0.3, 0.4) is 0 Å². The second kappa shape index (κ2) is 5.36. The summed E-state index contributed by atoms with van der Waals surface area (Å²) in [6.07, 6.45) is 0. The molecule has 1 aromatic carbocycles. The van der Waals surface area contributed by atoms with Gasteiger partial charge in [0, 0.05) is 12.2 Å². The van der Waals surface area contributed by atoms with Crippen molar-refractivity contribution in [2.75, 3.05) is 11.9 Å². The fourth-order valence-corrected chi connectivity index (χ4v) is 1.25. The maximum atomic E-state index is 10.5. The van der Waals surface area contributed by atoms with Crippen molar-refractivity contribution in [3.05, 3.63) is 29.8 Å². The van der Waals surface area contributed by atoms with Gasteiger partial charge in [-0.1, -0.05) is 31.9 Å². The van der Waals surface area contributed by atoms with E-state index in [4.69, 9.17) is 5.11 Å². The highest BCUT2D eigenvalue weighted by Crippen LogP contribution is 2.12. The summed E-state index contributed by atoms with van der Waals surface area (Å²) in [5, 5.41) is 11.8. The predicted octanol–water partition coefficient (Wildman–Crippen LogP) is 2.91. The van der Waals surface area contributed by atoms with E-state index in [9.17, 15) is 4.79 Å². The van der Waals surface area contributed by atoms with Crippen molar-refractivity contribution >= 4 is 43.5 Å². The molecule has 76 valence electrons. The average Bonchev–Trinajstić information content (AvgIpc) is 2.15. The first-order valence-corrected chi connectivity index (χ1v) is 5.78. The molecule has 0 saturated heterocycles. The highest BCUT2D eigenvalue weighted by Gasteiger charge is 2.02. The van der Waals surface area contributed by atoms with Crippen molar-refractivity contribution in [1.82, 2.24) is 0 Å². The van der Waals surface area contributed by atoms with Crippen LogP contribution in [0.1, 0.15) is 10.4 Å². The first-order valence-electron chi connectivity index (χ1n) is 3.95. The normalized spacial score (nSPS) is 10.2. The summed E-state index contributed by atoms with van der Waals surface area (Å²) < 4.78 is 0.203. The van der Waals surface area contributed by atoms with E-state index >= 15 is 0 Å². The number of alkyl halides is 2. The first-order chi connectivity index (χ1) is 6.59. The predicted molar refractivity (Wildman–Crippen MR) is 63.5 cm³/mol. The van der Waals surface area contributed by atoms with Crippen LogP contribution in [0.5, 0.6) is 0 Å².